The number of hydrogen-bond donors (Lipinski definition) is 2. The Morgan fingerprint density at radius 1 is 1.48 bits per heavy atom. The smallest absolute Gasteiger partial charge is 0.322 e. The third-order valence-electron chi connectivity index (χ3n) is 3.66. The van der Waals surface area contributed by atoms with Crippen molar-refractivity contribution in [3.8, 4) is 5.88 Å². The summed E-state index contributed by atoms with van der Waals surface area (Å²) in [5.74, 6) is -0.525. The van der Waals surface area contributed by atoms with Crippen molar-refractivity contribution in [2.45, 2.75) is 13.0 Å². The zero-order valence-electron chi connectivity index (χ0n) is 12.5. The van der Waals surface area contributed by atoms with Crippen LogP contribution < -0.4 is 15.8 Å². The maximum atomic E-state index is 12.4. The van der Waals surface area contributed by atoms with Gasteiger partial charge in [0, 0.05) is 18.0 Å². The number of ether oxygens (including phenoxy) is 1. The zero-order chi connectivity index (χ0) is 16.4. The fourth-order valence-electron chi connectivity index (χ4n) is 2.48. The molecule has 23 heavy (non-hydrogen) atoms. The number of pyridine rings is 1. The van der Waals surface area contributed by atoms with Crippen LogP contribution in [0.15, 0.2) is 23.7 Å². The van der Waals surface area contributed by atoms with Gasteiger partial charge in [0.15, 0.2) is 0 Å². The van der Waals surface area contributed by atoms with Gasteiger partial charge in [-0.15, -0.1) is 11.3 Å². The second-order valence-corrected chi connectivity index (χ2v) is 6.12. The number of urea groups is 1. The summed E-state index contributed by atoms with van der Waals surface area (Å²) in [7, 11) is 1.40. The number of aromatic nitrogens is 1. The molecule has 0 radical (unpaired) electrons. The molecule has 1 aliphatic heterocycles. The number of methoxy groups -OCH3 is 1. The highest BCUT2D eigenvalue weighted by Crippen LogP contribution is 2.25. The maximum absolute atomic E-state index is 12.4. The highest BCUT2D eigenvalue weighted by atomic mass is 32.1. The fourth-order valence-corrected chi connectivity index (χ4v) is 3.37. The molecule has 2 aromatic rings. The molecule has 3 N–H and O–H groups in total. The quantitative estimate of drug-likeness (QED) is 0.896. The molecule has 7 nitrogen and oxygen atoms in total. The monoisotopic (exact) mass is 332 g/mol. The van der Waals surface area contributed by atoms with Crippen molar-refractivity contribution >= 4 is 29.0 Å². The van der Waals surface area contributed by atoms with Crippen LogP contribution in [0, 0.1) is 0 Å². The van der Waals surface area contributed by atoms with Crippen molar-refractivity contribution in [3.63, 3.8) is 0 Å². The van der Waals surface area contributed by atoms with Crippen molar-refractivity contribution in [2.24, 2.45) is 5.73 Å². The van der Waals surface area contributed by atoms with E-state index >= 15 is 0 Å². The van der Waals surface area contributed by atoms with Crippen LogP contribution in [0.2, 0.25) is 0 Å². The molecular weight excluding hydrogens is 316 g/mol. The van der Waals surface area contributed by atoms with E-state index in [0.29, 0.717) is 18.8 Å². The maximum Gasteiger partial charge on any atom is 0.322 e. The molecular formula is C15H16N4O3S. The van der Waals surface area contributed by atoms with Crippen molar-refractivity contribution in [1.29, 1.82) is 0 Å². The Labute approximate surface area is 137 Å². The third-order valence-corrected chi connectivity index (χ3v) is 4.68. The summed E-state index contributed by atoms with van der Waals surface area (Å²) in [5, 5.41) is 4.79. The fraction of sp³-hybridized carbons (Fsp3) is 0.267. The Hall–Kier alpha value is -2.61. The van der Waals surface area contributed by atoms with E-state index in [1.165, 1.54) is 29.8 Å². The van der Waals surface area contributed by atoms with Gasteiger partial charge in [-0.1, -0.05) is 0 Å². The van der Waals surface area contributed by atoms with Gasteiger partial charge < -0.3 is 20.7 Å². The molecule has 0 aliphatic carbocycles. The van der Waals surface area contributed by atoms with Gasteiger partial charge in [0.25, 0.3) is 5.91 Å². The third kappa shape index (κ3) is 3.11. The predicted octanol–water partition coefficient (Wildman–Crippen LogP) is 1.84. The second-order valence-electron chi connectivity index (χ2n) is 5.12. The lowest BCUT2D eigenvalue weighted by Gasteiger charge is -2.27. The number of carbonyl (C=O) groups is 2. The van der Waals surface area contributed by atoms with E-state index in [9.17, 15) is 9.59 Å². The number of nitrogens with two attached hydrogens (primary N) is 1. The number of nitrogens with zero attached hydrogens (tertiary/aromatic N) is 2. The van der Waals surface area contributed by atoms with Gasteiger partial charge >= 0.3 is 6.03 Å². The van der Waals surface area contributed by atoms with E-state index in [1.54, 1.807) is 16.2 Å². The Morgan fingerprint density at radius 3 is 3.04 bits per heavy atom. The van der Waals surface area contributed by atoms with Crippen molar-refractivity contribution in [3.05, 3.63) is 39.7 Å². The lowest BCUT2D eigenvalue weighted by atomic mass is 10.1. The highest BCUT2D eigenvalue weighted by Gasteiger charge is 2.22. The van der Waals surface area contributed by atoms with Crippen molar-refractivity contribution in [2.75, 3.05) is 19.0 Å². The zero-order valence-corrected chi connectivity index (χ0v) is 13.4. The van der Waals surface area contributed by atoms with E-state index < -0.39 is 5.91 Å². The average Bonchev–Trinajstić information content (AvgIpc) is 3.02. The van der Waals surface area contributed by atoms with Gasteiger partial charge in [-0.25, -0.2) is 9.78 Å². The molecule has 3 amide bonds. The van der Waals surface area contributed by atoms with Crippen LogP contribution in [0.1, 0.15) is 20.8 Å². The summed E-state index contributed by atoms with van der Waals surface area (Å²) in [6.07, 6.45) is 2.29. The molecule has 0 aromatic carbocycles. The molecule has 0 unspecified atom stereocenters. The van der Waals surface area contributed by atoms with E-state index in [2.05, 4.69) is 10.3 Å². The summed E-state index contributed by atoms with van der Waals surface area (Å²) in [4.78, 5) is 30.8. The summed E-state index contributed by atoms with van der Waals surface area (Å²) in [6.45, 7) is 1.24. The Balaban J connectivity index is 1.73. The van der Waals surface area contributed by atoms with E-state index in [-0.39, 0.29) is 17.5 Å². The minimum atomic E-state index is -0.661. The van der Waals surface area contributed by atoms with Gasteiger partial charge in [-0.2, -0.15) is 0 Å². The number of nitrogens with one attached hydrogen (secondary N) is 1. The van der Waals surface area contributed by atoms with E-state index in [1.807, 2.05) is 11.4 Å². The molecule has 0 saturated carbocycles. The van der Waals surface area contributed by atoms with Crippen molar-refractivity contribution < 1.29 is 14.3 Å². The minimum absolute atomic E-state index is 0.129. The second kappa shape index (κ2) is 6.25. The van der Waals surface area contributed by atoms with Crippen LogP contribution in [0.3, 0.4) is 0 Å². The minimum Gasteiger partial charge on any atom is -0.480 e. The normalized spacial score (nSPS) is 13.3. The first-order valence-electron chi connectivity index (χ1n) is 7.03. The number of amides is 3. The summed E-state index contributed by atoms with van der Waals surface area (Å²) >= 11 is 1.72. The van der Waals surface area contributed by atoms with Crippen LogP contribution in [0.5, 0.6) is 5.88 Å². The molecule has 0 spiro atoms. The van der Waals surface area contributed by atoms with Crippen LogP contribution in [0.4, 0.5) is 10.5 Å². The van der Waals surface area contributed by atoms with Gasteiger partial charge in [0.1, 0.15) is 5.56 Å². The number of carbonyl (C=O) groups excluding carboxylic acids is 2. The Morgan fingerprint density at radius 2 is 2.30 bits per heavy atom. The molecule has 8 heteroatoms. The SMILES string of the molecule is COc1ncc(NC(=O)N2CCc3sccc3C2)cc1C(N)=O. The number of thiophene rings is 1. The van der Waals surface area contributed by atoms with E-state index in [4.69, 9.17) is 10.5 Å². The number of primary amides is 1. The molecule has 0 atom stereocenters. The lowest BCUT2D eigenvalue weighted by molar-refractivity contribution is 0.0996. The molecule has 2 aromatic heterocycles. The summed E-state index contributed by atoms with van der Waals surface area (Å²) in [6, 6.07) is 3.27. The van der Waals surface area contributed by atoms with Crippen LogP contribution in [-0.4, -0.2) is 35.5 Å². The van der Waals surface area contributed by atoms with Gasteiger partial charge in [0.05, 0.1) is 19.0 Å². The summed E-state index contributed by atoms with van der Waals surface area (Å²) in [5.41, 5.74) is 7.01. The average molecular weight is 332 g/mol. The van der Waals surface area contributed by atoms with Crippen LogP contribution >= 0.6 is 11.3 Å². The molecule has 3 heterocycles. The highest BCUT2D eigenvalue weighted by molar-refractivity contribution is 7.10. The first-order valence-corrected chi connectivity index (χ1v) is 7.91. The molecule has 0 bridgehead atoms. The van der Waals surface area contributed by atoms with Crippen molar-refractivity contribution in [1.82, 2.24) is 9.88 Å². The first kappa shape index (κ1) is 15.3. The first-order chi connectivity index (χ1) is 11.1. The Kier molecular flexibility index (Phi) is 4.16. The largest absolute Gasteiger partial charge is 0.480 e. The van der Waals surface area contributed by atoms with Gasteiger partial charge in [-0.3, -0.25) is 4.79 Å². The molecule has 3 rings (SSSR count). The molecule has 0 saturated heterocycles. The molecule has 0 fully saturated rings. The number of fused-ring (bicyclic) bond motifs is 1. The topological polar surface area (TPSA) is 97.6 Å². The van der Waals surface area contributed by atoms with Crippen LogP contribution in [0.25, 0.3) is 0 Å². The molecule has 120 valence electrons. The standard InChI is InChI=1S/C15H16N4O3S/c1-22-14-11(13(16)20)6-10(7-17-14)18-15(21)19-4-2-12-9(8-19)3-5-23-12/h3,5-7H,2,4,8H2,1H3,(H2,16,20)(H,18,21). The molecule has 1 aliphatic rings. The summed E-state index contributed by atoms with van der Waals surface area (Å²) < 4.78 is 4.98. The Bertz CT molecular complexity index is 759. The predicted molar refractivity (Wildman–Crippen MR) is 86.8 cm³/mol. The van der Waals surface area contributed by atoms with Crippen LogP contribution in [-0.2, 0) is 13.0 Å². The van der Waals surface area contributed by atoms with E-state index in [0.717, 1.165) is 6.42 Å². The number of hydrogen-bond acceptors (Lipinski definition) is 5. The number of rotatable bonds is 3. The van der Waals surface area contributed by atoms with Gasteiger partial charge in [-0.05, 0) is 29.5 Å². The van der Waals surface area contributed by atoms with Gasteiger partial charge in [0.2, 0.25) is 5.88 Å². The number of anilines is 1. The lowest BCUT2D eigenvalue weighted by Crippen LogP contribution is -2.38.